The Labute approximate surface area is 307 Å². The highest BCUT2D eigenvalue weighted by molar-refractivity contribution is 6.30. The molecule has 0 bridgehead atoms. The second kappa shape index (κ2) is 28.2. The van der Waals surface area contributed by atoms with Gasteiger partial charge in [-0.25, -0.2) is 28.8 Å². The maximum Gasteiger partial charge on any atom is 0.417 e. The third-order valence-electron chi connectivity index (χ3n) is 8.96. The predicted octanol–water partition coefficient (Wildman–Crippen LogP) is 4.20. The lowest BCUT2D eigenvalue weighted by Gasteiger charge is -2.16. The molecule has 2 unspecified atom stereocenters. The number of carbonyl (C=O) groups is 6. The summed E-state index contributed by atoms with van der Waals surface area (Å²) in [5.74, 6) is -6.44. The number of fused-ring (bicyclic) bond motifs is 1. The van der Waals surface area contributed by atoms with Crippen molar-refractivity contribution in [1.29, 1.82) is 0 Å². The maximum absolute atomic E-state index is 12.2. The van der Waals surface area contributed by atoms with Gasteiger partial charge in [0.2, 0.25) is 0 Å². The fourth-order valence-electron chi connectivity index (χ4n) is 6.00. The molecule has 0 aromatic carbocycles. The van der Waals surface area contributed by atoms with E-state index in [1.807, 2.05) is 0 Å². The topological polar surface area (TPSA) is 196 Å². The summed E-state index contributed by atoms with van der Waals surface area (Å²) in [6.45, 7) is 0.693. The Balaban J connectivity index is 1.34. The SMILES string of the molecule is COC(=O)C(=O)O[C@@H]1COC2C1OC[C@@H]2OC(=O)C(=O)OCCCCCCCCCCCCOC(=O)C(=O)OCCCCCCCCCCCCO. The molecule has 0 spiro atoms. The number of methoxy groups -OCH3 is 1. The molecule has 2 fully saturated rings. The average molecular weight is 745 g/mol. The number of aliphatic hydroxyl groups excluding tert-OH is 1. The summed E-state index contributed by atoms with van der Waals surface area (Å²) in [4.78, 5) is 70.8. The quantitative estimate of drug-likeness (QED) is 0.0543. The van der Waals surface area contributed by atoms with Gasteiger partial charge in [-0.2, -0.15) is 0 Å². The number of aliphatic hydroxyl groups is 1. The summed E-state index contributed by atoms with van der Waals surface area (Å²) in [6.07, 6.45) is 16.8. The Morgan fingerprint density at radius 2 is 0.731 bits per heavy atom. The van der Waals surface area contributed by atoms with Crippen LogP contribution >= 0.6 is 0 Å². The summed E-state index contributed by atoms with van der Waals surface area (Å²) in [6, 6.07) is 0. The van der Waals surface area contributed by atoms with E-state index in [1.165, 1.54) is 25.7 Å². The summed E-state index contributed by atoms with van der Waals surface area (Å²) in [7, 11) is 1.05. The van der Waals surface area contributed by atoms with Gasteiger partial charge in [-0.05, 0) is 25.7 Å². The van der Waals surface area contributed by atoms with Gasteiger partial charge < -0.3 is 43.0 Å². The molecule has 0 aromatic rings. The third kappa shape index (κ3) is 19.0. The first-order chi connectivity index (χ1) is 25.3. The molecule has 2 saturated heterocycles. The summed E-state index contributed by atoms with van der Waals surface area (Å²) in [5, 5.41) is 8.77. The summed E-state index contributed by atoms with van der Waals surface area (Å²) < 4.78 is 40.6. The highest BCUT2D eigenvalue weighted by Crippen LogP contribution is 2.31. The van der Waals surface area contributed by atoms with Gasteiger partial charge in [0, 0.05) is 6.61 Å². The normalized spacial score (nSPS) is 19.0. The zero-order chi connectivity index (χ0) is 37.8. The Morgan fingerprint density at radius 3 is 1.06 bits per heavy atom. The molecule has 0 aliphatic carbocycles. The van der Waals surface area contributed by atoms with Crippen molar-refractivity contribution in [1.82, 2.24) is 0 Å². The Kier molecular flexibility index (Phi) is 24.4. The lowest BCUT2D eigenvalue weighted by atomic mass is 10.1. The van der Waals surface area contributed by atoms with E-state index in [0.29, 0.717) is 12.8 Å². The van der Waals surface area contributed by atoms with Crippen LogP contribution in [0.25, 0.3) is 0 Å². The molecular weight excluding hydrogens is 684 g/mol. The van der Waals surface area contributed by atoms with Gasteiger partial charge in [-0.15, -0.1) is 0 Å². The van der Waals surface area contributed by atoms with Gasteiger partial charge in [0.1, 0.15) is 12.2 Å². The molecule has 15 heteroatoms. The molecule has 2 aliphatic rings. The zero-order valence-electron chi connectivity index (χ0n) is 30.9. The van der Waals surface area contributed by atoms with Crippen molar-refractivity contribution in [3.8, 4) is 0 Å². The number of esters is 6. The second-order valence-electron chi connectivity index (χ2n) is 13.2. The molecule has 0 aromatic heterocycles. The van der Waals surface area contributed by atoms with Crippen LogP contribution in [0, 0.1) is 0 Å². The fraction of sp³-hybridized carbons (Fsp3) is 0.838. The molecule has 2 rings (SSSR count). The highest BCUT2D eigenvalue weighted by atomic mass is 16.7. The standard InChI is InChI=1S/C37H60O15/c1-45-32(39)36(43)51-28-26-49-31-29(27-50-30(28)31)52-37(44)35(42)48-25-21-17-13-9-5-4-8-12-16-20-24-47-34(41)33(40)46-23-19-15-11-7-3-2-6-10-14-18-22-38/h28-31,38H,2-27H2,1H3/t28-,29+,30?,31?/m1/s1. The van der Waals surface area contributed by atoms with Crippen LogP contribution in [0.5, 0.6) is 0 Å². The molecule has 0 radical (unpaired) electrons. The maximum atomic E-state index is 12.2. The highest BCUT2D eigenvalue weighted by Gasteiger charge is 2.52. The largest absolute Gasteiger partial charge is 0.461 e. The monoisotopic (exact) mass is 744 g/mol. The molecule has 52 heavy (non-hydrogen) atoms. The predicted molar refractivity (Wildman–Crippen MR) is 184 cm³/mol. The molecule has 4 atom stereocenters. The van der Waals surface area contributed by atoms with Crippen LogP contribution in [0.2, 0.25) is 0 Å². The Hall–Kier alpha value is -3.30. The summed E-state index contributed by atoms with van der Waals surface area (Å²) >= 11 is 0. The first kappa shape index (κ1) is 44.9. The van der Waals surface area contributed by atoms with E-state index in [4.69, 9.17) is 38.3 Å². The van der Waals surface area contributed by atoms with Gasteiger partial charge in [-0.3, -0.25) is 0 Å². The summed E-state index contributed by atoms with van der Waals surface area (Å²) in [5.41, 5.74) is 0. The van der Waals surface area contributed by atoms with E-state index in [0.717, 1.165) is 97.0 Å². The zero-order valence-corrected chi connectivity index (χ0v) is 30.9. The van der Waals surface area contributed by atoms with Crippen LogP contribution < -0.4 is 0 Å². The number of hydrogen-bond acceptors (Lipinski definition) is 15. The van der Waals surface area contributed by atoms with Crippen LogP contribution in [0.3, 0.4) is 0 Å². The molecular formula is C37H60O15. The average Bonchev–Trinajstić information content (AvgIpc) is 3.73. The van der Waals surface area contributed by atoms with Crippen molar-refractivity contribution in [2.75, 3.05) is 46.8 Å². The van der Waals surface area contributed by atoms with Crippen molar-refractivity contribution >= 4 is 35.8 Å². The van der Waals surface area contributed by atoms with Gasteiger partial charge >= 0.3 is 35.8 Å². The molecule has 15 nitrogen and oxygen atoms in total. The molecule has 2 aliphatic heterocycles. The molecule has 2 heterocycles. The van der Waals surface area contributed by atoms with Crippen molar-refractivity contribution < 1.29 is 71.8 Å². The van der Waals surface area contributed by atoms with Crippen molar-refractivity contribution in [2.45, 2.75) is 153 Å². The first-order valence-corrected chi connectivity index (χ1v) is 19.1. The van der Waals surface area contributed by atoms with Gasteiger partial charge in [0.05, 0.1) is 40.1 Å². The number of rotatable bonds is 27. The van der Waals surface area contributed by atoms with Gasteiger partial charge in [-0.1, -0.05) is 103 Å². The van der Waals surface area contributed by atoms with E-state index >= 15 is 0 Å². The van der Waals surface area contributed by atoms with Crippen molar-refractivity contribution in [3.63, 3.8) is 0 Å². The second-order valence-corrected chi connectivity index (χ2v) is 13.2. The lowest BCUT2D eigenvalue weighted by Crippen LogP contribution is -2.38. The van der Waals surface area contributed by atoms with E-state index < -0.39 is 60.2 Å². The molecule has 0 amide bonds. The van der Waals surface area contributed by atoms with Crippen LogP contribution in [0.15, 0.2) is 0 Å². The first-order valence-electron chi connectivity index (χ1n) is 19.1. The van der Waals surface area contributed by atoms with Crippen LogP contribution in [0.4, 0.5) is 0 Å². The minimum absolute atomic E-state index is 0.0631. The van der Waals surface area contributed by atoms with Crippen LogP contribution in [-0.2, 0) is 66.7 Å². The van der Waals surface area contributed by atoms with Crippen molar-refractivity contribution in [3.05, 3.63) is 0 Å². The van der Waals surface area contributed by atoms with E-state index in [2.05, 4.69) is 4.74 Å². The fourth-order valence-corrected chi connectivity index (χ4v) is 6.00. The third-order valence-corrected chi connectivity index (χ3v) is 8.96. The van der Waals surface area contributed by atoms with E-state index in [-0.39, 0.29) is 39.6 Å². The van der Waals surface area contributed by atoms with E-state index in [9.17, 15) is 28.8 Å². The minimum atomic E-state index is -1.18. The number of carbonyl (C=O) groups excluding carboxylic acids is 6. The number of hydrogen-bond donors (Lipinski definition) is 1. The van der Waals surface area contributed by atoms with Gasteiger partial charge in [0.25, 0.3) is 0 Å². The molecule has 1 N–H and O–H groups in total. The van der Waals surface area contributed by atoms with Crippen molar-refractivity contribution in [2.24, 2.45) is 0 Å². The Bertz CT molecular complexity index is 1060. The van der Waals surface area contributed by atoms with Crippen LogP contribution in [0.1, 0.15) is 128 Å². The Morgan fingerprint density at radius 1 is 0.442 bits per heavy atom. The lowest BCUT2D eigenvalue weighted by molar-refractivity contribution is -0.174. The molecule has 0 saturated carbocycles. The number of unbranched alkanes of at least 4 members (excludes halogenated alkanes) is 18. The number of ether oxygens (including phenoxy) is 8. The smallest absolute Gasteiger partial charge is 0.417 e. The molecule has 298 valence electrons. The van der Waals surface area contributed by atoms with Crippen LogP contribution in [-0.4, -0.2) is 112 Å². The van der Waals surface area contributed by atoms with Gasteiger partial charge in [0.15, 0.2) is 12.2 Å². The minimum Gasteiger partial charge on any atom is -0.461 e. The van der Waals surface area contributed by atoms with E-state index in [1.54, 1.807) is 0 Å².